The molecule has 0 aromatic heterocycles. The Morgan fingerprint density at radius 3 is 2.42 bits per heavy atom. The lowest BCUT2D eigenvalue weighted by Crippen LogP contribution is -2.20. The molecule has 0 heterocycles. The second-order valence-corrected chi connectivity index (χ2v) is 5.39. The highest BCUT2D eigenvalue weighted by Crippen LogP contribution is 2.25. The molecule has 0 radical (unpaired) electrons. The number of anilines is 1. The molecule has 24 heavy (non-hydrogen) atoms. The van der Waals surface area contributed by atoms with Crippen molar-refractivity contribution >= 4 is 11.7 Å². The number of rotatable bonds is 7. The van der Waals surface area contributed by atoms with E-state index < -0.39 is 6.03 Å². The molecule has 1 atom stereocenters. The van der Waals surface area contributed by atoms with Crippen LogP contribution in [0.15, 0.2) is 42.5 Å². The lowest BCUT2D eigenvalue weighted by atomic mass is 10.1. The molecule has 4 N–H and O–H groups in total. The Kier molecular flexibility index (Phi) is 6.03. The number of amides is 2. The number of ether oxygens (including phenoxy) is 2. The van der Waals surface area contributed by atoms with Crippen LogP contribution in [0.5, 0.6) is 11.5 Å². The summed E-state index contributed by atoms with van der Waals surface area (Å²) in [6.45, 7) is 2.74. The number of primary amides is 1. The van der Waals surface area contributed by atoms with E-state index in [0.717, 1.165) is 22.6 Å². The van der Waals surface area contributed by atoms with Gasteiger partial charge in [-0.1, -0.05) is 18.2 Å². The van der Waals surface area contributed by atoms with Crippen LogP contribution in [-0.2, 0) is 6.54 Å². The van der Waals surface area contributed by atoms with Gasteiger partial charge in [0, 0.05) is 29.9 Å². The van der Waals surface area contributed by atoms with Crippen molar-refractivity contribution in [1.82, 2.24) is 5.32 Å². The van der Waals surface area contributed by atoms with Gasteiger partial charge in [-0.05, 0) is 30.7 Å². The van der Waals surface area contributed by atoms with Crippen molar-refractivity contribution < 1.29 is 14.3 Å². The summed E-state index contributed by atoms with van der Waals surface area (Å²) < 4.78 is 10.6. The normalized spacial score (nSPS) is 11.6. The molecule has 6 heteroatoms. The van der Waals surface area contributed by atoms with Crippen LogP contribution in [0.1, 0.15) is 24.1 Å². The average molecular weight is 329 g/mol. The van der Waals surface area contributed by atoms with E-state index in [9.17, 15) is 4.79 Å². The number of urea groups is 1. The van der Waals surface area contributed by atoms with Gasteiger partial charge in [-0.15, -0.1) is 0 Å². The minimum atomic E-state index is -0.569. The minimum Gasteiger partial charge on any atom is -0.497 e. The molecular formula is C18H23N3O3. The number of nitrogens with two attached hydrogens (primary N) is 1. The van der Waals surface area contributed by atoms with E-state index in [1.807, 2.05) is 42.5 Å². The largest absolute Gasteiger partial charge is 0.497 e. The molecule has 2 aromatic carbocycles. The molecular weight excluding hydrogens is 306 g/mol. The van der Waals surface area contributed by atoms with Crippen LogP contribution >= 0.6 is 0 Å². The van der Waals surface area contributed by atoms with Crippen molar-refractivity contribution in [2.45, 2.75) is 19.5 Å². The Hall–Kier alpha value is -2.73. The molecule has 2 rings (SSSR count). The molecule has 0 aliphatic carbocycles. The number of benzene rings is 2. The fourth-order valence-corrected chi connectivity index (χ4v) is 2.38. The van der Waals surface area contributed by atoms with E-state index in [-0.39, 0.29) is 6.04 Å². The predicted octanol–water partition coefficient (Wildman–Crippen LogP) is 3.05. The summed E-state index contributed by atoms with van der Waals surface area (Å²) in [5, 5.41) is 6.00. The van der Waals surface area contributed by atoms with Gasteiger partial charge < -0.3 is 25.8 Å². The minimum absolute atomic E-state index is 0.138. The van der Waals surface area contributed by atoms with Gasteiger partial charge in [0.25, 0.3) is 0 Å². The summed E-state index contributed by atoms with van der Waals surface area (Å²) in [5.41, 5.74) is 7.94. The van der Waals surface area contributed by atoms with Gasteiger partial charge in [-0.3, -0.25) is 0 Å². The van der Waals surface area contributed by atoms with Crippen molar-refractivity contribution in [2.24, 2.45) is 5.73 Å². The van der Waals surface area contributed by atoms with E-state index in [4.69, 9.17) is 15.2 Å². The lowest BCUT2D eigenvalue weighted by molar-refractivity contribution is 0.259. The van der Waals surface area contributed by atoms with Crippen molar-refractivity contribution in [3.8, 4) is 11.5 Å². The van der Waals surface area contributed by atoms with E-state index in [1.165, 1.54) is 0 Å². The smallest absolute Gasteiger partial charge is 0.316 e. The molecule has 0 saturated carbocycles. The van der Waals surface area contributed by atoms with Gasteiger partial charge in [0.15, 0.2) is 0 Å². The van der Waals surface area contributed by atoms with Crippen molar-refractivity contribution in [2.75, 3.05) is 19.5 Å². The van der Waals surface area contributed by atoms with E-state index in [0.29, 0.717) is 12.2 Å². The van der Waals surface area contributed by atoms with Crippen LogP contribution in [-0.4, -0.2) is 20.3 Å². The first kappa shape index (κ1) is 17.6. The van der Waals surface area contributed by atoms with Gasteiger partial charge in [0.1, 0.15) is 11.5 Å². The summed E-state index contributed by atoms with van der Waals surface area (Å²) in [6.07, 6.45) is 0. The number of carbonyl (C=O) groups is 1. The number of hydrogen-bond acceptors (Lipinski definition) is 4. The first-order valence-electron chi connectivity index (χ1n) is 7.64. The molecule has 0 spiro atoms. The summed E-state index contributed by atoms with van der Waals surface area (Å²) >= 11 is 0. The SMILES string of the molecule is COc1ccc(CNC(C)c2ccc(NC(N)=O)cc2)c(OC)c1. The second-order valence-electron chi connectivity index (χ2n) is 5.39. The standard InChI is InChI=1S/C18H23N3O3/c1-12(13-4-7-15(8-5-13)21-18(19)22)20-11-14-6-9-16(23-2)10-17(14)24-3/h4-10,12,20H,11H2,1-3H3,(H3,19,21,22). The van der Waals surface area contributed by atoms with Crippen molar-refractivity contribution in [3.05, 3.63) is 53.6 Å². The van der Waals surface area contributed by atoms with Gasteiger partial charge in [-0.2, -0.15) is 0 Å². The molecule has 0 saturated heterocycles. The van der Waals surface area contributed by atoms with Gasteiger partial charge in [0.05, 0.1) is 14.2 Å². The van der Waals surface area contributed by atoms with Gasteiger partial charge in [0.2, 0.25) is 0 Å². The predicted molar refractivity (Wildman–Crippen MR) is 94.4 cm³/mol. The fraction of sp³-hybridized carbons (Fsp3) is 0.278. The molecule has 2 aromatic rings. The summed E-state index contributed by atoms with van der Waals surface area (Å²) in [5.74, 6) is 1.55. The topological polar surface area (TPSA) is 85.6 Å². The Balaban J connectivity index is 2.00. The first-order valence-corrected chi connectivity index (χ1v) is 7.64. The maximum atomic E-state index is 10.8. The van der Waals surface area contributed by atoms with Gasteiger partial charge in [-0.25, -0.2) is 4.79 Å². The Morgan fingerprint density at radius 2 is 1.83 bits per heavy atom. The van der Waals surface area contributed by atoms with Crippen LogP contribution in [0.25, 0.3) is 0 Å². The summed E-state index contributed by atoms with van der Waals surface area (Å²) in [7, 11) is 3.28. The maximum Gasteiger partial charge on any atom is 0.316 e. The molecule has 6 nitrogen and oxygen atoms in total. The quantitative estimate of drug-likeness (QED) is 0.729. The molecule has 1 unspecified atom stereocenters. The summed E-state index contributed by atoms with van der Waals surface area (Å²) in [6, 6.07) is 12.9. The third-order valence-corrected chi connectivity index (χ3v) is 3.77. The van der Waals surface area contributed by atoms with E-state index in [2.05, 4.69) is 17.6 Å². The number of carbonyl (C=O) groups excluding carboxylic acids is 1. The third kappa shape index (κ3) is 4.63. The van der Waals surface area contributed by atoms with Gasteiger partial charge >= 0.3 is 6.03 Å². The van der Waals surface area contributed by atoms with Crippen LogP contribution in [0, 0.1) is 0 Å². The Labute approximate surface area is 142 Å². The number of hydrogen-bond donors (Lipinski definition) is 3. The van der Waals surface area contributed by atoms with Crippen LogP contribution in [0.4, 0.5) is 10.5 Å². The fourth-order valence-electron chi connectivity index (χ4n) is 2.38. The monoisotopic (exact) mass is 329 g/mol. The zero-order valence-electron chi connectivity index (χ0n) is 14.1. The van der Waals surface area contributed by atoms with E-state index >= 15 is 0 Å². The lowest BCUT2D eigenvalue weighted by Gasteiger charge is -2.17. The molecule has 0 aliphatic heterocycles. The summed E-state index contributed by atoms with van der Waals surface area (Å²) in [4.78, 5) is 10.8. The van der Waals surface area contributed by atoms with Crippen molar-refractivity contribution in [1.29, 1.82) is 0 Å². The first-order chi connectivity index (χ1) is 11.5. The highest BCUT2D eigenvalue weighted by molar-refractivity contribution is 5.87. The van der Waals surface area contributed by atoms with Crippen molar-refractivity contribution in [3.63, 3.8) is 0 Å². The molecule has 0 fully saturated rings. The highest BCUT2D eigenvalue weighted by Gasteiger charge is 2.09. The molecule has 2 amide bonds. The maximum absolute atomic E-state index is 10.8. The second kappa shape index (κ2) is 8.21. The molecule has 128 valence electrons. The average Bonchev–Trinajstić information content (AvgIpc) is 2.59. The number of methoxy groups -OCH3 is 2. The van der Waals surface area contributed by atoms with E-state index in [1.54, 1.807) is 14.2 Å². The Morgan fingerprint density at radius 1 is 1.12 bits per heavy atom. The molecule has 0 aliphatic rings. The van der Waals surface area contributed by atoms with Crippen LogP contribution < -0.4 is 25.8 Å². The highest BCUT2D eigenvalue weighted by atomic mass is 16.5. The third-order valence-electron chi connectivity index (χ3n) is 3.77. The zero-order chi connectivity index (χ0) is 17.5. The number of nitrogens with one attached hydrogen (secondary N) is 2. The van der Waals surface area contributed by atoms with Crippen LogP contribution in [0.2, 0.25) is 0 Å². The molecule has 0 bridgehead atoms. The zero-order valence-corrected chi connectivity index (χ0v) is 14.1. The van der Waals surface area contributed by atoms with Crippen LogP contribution in [0.3, 0.4) is 0 Å². The Bertz CT molecular complexity index is 686.